The van der Waals surface area contributed by atoms with Crippen molar-refractivity contribution < 1.29 is 28.5 Å². The molecule has 0 unspecified atom stereocenters. The van der Waals surface area contributed by atoms with Crippen LogP contribution in [-0.2, 0) is 11.3 Å². The SMILES string of the molecule is COC(=O)c1c(-c2cc(OC)c(Br)c(OC)c2)c2cc(OC)c(OCc3ccccn3)cc2c(=O)n1-c1ccc(N)cc1.Cl.Cl. The minimum atomic E-state index is -0.735. The zero-order valence-corrected chi connectivity index (χ0v) is 27.9. The van der Waals surface area contributed by atoms with E-state index in [-0.39, 0.29) is 42.5 Å². The molecule has 0 amide bonds. The van der Waals surface area contributed by atoms with E-state index in [2.05, 4.69) is 20.9 Å². The van der Waals surface area contributed by atoms with Gasteiger partial charge in [0.25, 0.3) is 5.56 Å². The van der Waals surface area contributed by atoms with Crippen LogP contribution in [0.4, 0.5) is 5.69 Å². The molecule has 5 rings (SSSR count). The fourth-order valence-electron chi connectivity index (χ4n) is 4.78. The van der Waals surface area contributed by atoms with Gasteiger partial charge in [-0.3, -0.25) is 14.3 Å². The molecular formula is C32H30BrCl2N3O7. The first kappa shape index (κ1) is 35.0. The predicted molar refractivity (Wildman–Crippen MR) is 181 cm³/mol. The highest BCUT2D eigenvalue weighted by Gasteiger charge is 2.28. The lowest BCUT2D eigenvalue weighted by Crippen LogP contribution is -2.27. The third kappa shape index (κ3) is 6.80. The number of nitrogens with two attached hydrogens (primary N) is 1. The Morgan fingerprint density at radius 3 is 2.02 bits per heavy atom. The summed E-state index contributed by atoms with van der Waals surface area (Å²) in [4.78, 5) is 32.2. The van der Waals surface area contributed by atoms with Crippen LogP contribution in [0.25, 0.3) is 27.6 Å². The summed E-state index contributed by atoms with van der Waals surface area (Å²) in [6.07, 6.45) is 1.67. The first-order valence-corrected chi connectivity index (χ1v) is 13.8. The lowest BCUT2D eigenvalue weighted by Gasteiger charge is -2.21. The summed E-state index contributed by atoms with van der Waals surface area (Å²) in [6, 6.07) is 18.9. The van der Waals surface area contributed by atoms with Gasteiger partial charge < -0.3 is 29.4 Å². The molecule has 2 heterocycles. The summed E-state index contributed by atoms with van der Waals surface area (Å²) in [6.45, 7) is 0.142. The molecule has 0 saturated carbocycles. The minimum absolute atomic E-state index is 0. The number of methoxy groups -OCH3 is 4. The summed E-state index contributed by atoms with van der Waals surface area (Å²) in [5.74, 6) is 0.836. The van der Waals surface area contributed by atoms with Crippen molar-refractivity contribution in [3.63, 3.8) is 0 Å². The standard InChI is InChI=1S/C32H28BrN3O7.2ClH/c1-39-24-15-22-23(16-25(24)43-17-20-7-5-6-12-35-20)31(37)36(21-10-8-19(34)9-11-21)30(32(38)42-4)28(22)18-13-26(40-2)29(33)27(14-18)41-3;;/h5-16H,17,34H2,1-4H3;2*1H. The summed E-state index contributed by atoms with van der Waals surface area (Å²) in [5, 5.41) is 0.683. The Bertz CT molecular complexity index is 1860. The first-order valence-electron chi connectivity index (χ1n) is 13.0. The highest BCUT2D eigenvalue weighted by Crippen LogP contribution is 2.44. The van der Waals surface area contributed by atoms with E-state index in [1.165, 1.54) is 33.0 Å². The number of hydrogen-bond donors (Lipinski definition) is 1. The highest BCUT2D eigenvalue weighted by atomic mass is 79.9. The number of ether oxygens (including phenoxy) is 5. The maximum Gasteiger partial charge on any atom is 0.355 e. The number of hydrogen-bond acceptors (Lipinski definition) is 9. The van der Waals surface area contributed by atoms with Crippen molar-refractivity contribution in [2.45, 2.75) is 6.61 Å². The molecule has 236 valence electrons. The van der Waals surface area contributed by atoms with Gasteiger partial charge in [-0.25, -0.2) is 4.79 Å². The van der Waals surface area contributed by atoms with E-state index in [0.29, 0.717) is 61.1 Å². The van der Waals surface area contributed by atoms with E-state index in [9.17, 15) is 9.59 Å². The normalized spacial score (nSPS) is 10.3. The number of halogens is 3. The molecule has 0 radical (unpaired) electrons. The molecule has 0 saturated heterocycles. The zero-order valence-electron chi connectivity index (χ0n) is 24.7. The molecule has 0 aliphatic heterocycles. The van der Waals surface area contributed by atoms with E-state index in [1.54, 1.807) is 54.7 Å². The lowest BCUT2D eigenvalue weighted by atomic mass is 9.95. The predicted octanol–water partition coefficient (Wildman–Crippen LogP) is 6.63. The second-order valence-electron chi connectivity index (χ2n) is 9.30. The van der Waals surface area contributed by atoms with Crippen molar-refractivity contribution in [3.8, 4) is 39.8 Å². The number of carbonyl (C=O) groups excluding carboxylic acids is 1. The molecule has 13 heteroatoms. The topological polar surface area (TPSA) is 124 Å². The Labute approximate surface area is 280 Å². The highest BCUT2D eigenvalue weighted by molar-refractivity contribution is 9.10. The summed E-state index contributed by atoms with van der Waals surface area (Å²) < 4.78 is 30.1. The number of nitrogens with zero attached hydrogens (tertiary/aromatic N) is 2. The van der Waals surface area contributed by atoms with Crippen LogP contribution in [0.2, 0.25) is 0 Å². The van der Waals surface area contributed by atoms with Gasteiger partial charge in [-0.05, 0) is 82.2 Å². The monoisotopic (exact) mass is 717 g/mol. The van der Waals surface area contributed by atoms with Crippen LogP contribution >= 0.6 is 40.7 Å². The maximum atomic E-state index is 14.3. The molecule has 5 aromatic rings. The third-order valence-corrected chi connectivity index (χ3v) is 7.61. The molecule has 45 heavy (non-hydrogen) atoms. The van der Waals surface area contributed by atoms with Crippen molar-refractivity contribution in [2.24, 2.45) is 0 Å². The first-order chi connectivity index (χ1) is 20.8. The van der Waals surface area contributed by atoms with Crippen LogP contribution in [0.3, 0.4) is 0 Å². The summed E-state index contributed by atoms with van der Waals surface area (Å²) >= 11 is 3.51. The third-order valence-electron chi connectivity index (χ3n) is 6.83. The van der Waals surface area contributed by atoms with Crippen LogP contribution in [0, 0.1) is 0 Å². The second-order valence-corrected chi connectivity index (χ2v) is 10.1. The van der Waals surface area contributed by atoms with E-state index >= 15 is 0 Å². The van der Waals surface area contributed by atoms with E-state index in [1.807, 2.05) is 18.2 Å². The van der Waals surface area contributed by atoms with Crippen molar-refractivity contribution >= 4 is 63.2 Å². The molecule has 0 aliphatic rings. The van der Waals surface area contributed by atoms with E-state index in [0.717, 1.165) is 0 Å². The quantitative estimate of drug-likeness (QED) is 0.132. The number of esters is 1. The Hall–Kier alpha value is -4.45. The van der Waals surface area contributed by atoms with Gasteiger partial charge >= 0.3 is 5.97 Å². The Balaban J connectivity index is 0.00000276. The van der Waals surface area contributed by atoms with Crippen LogP contribution in [-0.4, -0.2) is 44.0 Å². The Kier molecular flexibility index (Phi) is 11.7. The molecule has 0 atom stereocenters. The van der Waals surface area contributed by atoms with Gasteiger partial charge in [0.1, 0.15) is 28.3 Å². The molecule has 0 fully saturated rings. The summed E-state index contributed by atoms with van der Waals surface area (Å²) in [7, 11) is 5.79. The average Bonchev–Trinajstić information content (AvgIpc) is 3.04. The second kappa shape index (κ2) is 15.0. The number of pyridine rings is 2. The van der Waals surface area contributed by atoms with Crippen molar-refractivity contribution in [1.82, 2.24) is 9.55 Å². The lowest BCUT2D eigenvalue weighted by molar-refractivity contribution is 0.0591. The number of aromatic nitrogens is 2. The molecule has 0 spiro atoms. The van der Waals surface area contributed by atoms with Gasteiger partial charge in [-0.1, -0.05) is 6.07 Å². The van der Waals surface area contributed by atoms with E-state index in [4.69, 9.17) is 29.4 Å². The van der Waals surface area contributed by atoms with Gasteiger partial charge in [-0.2, -0.15) is 0 Å². The van der Waals surface area contributed by atoms with Crippen LogP contribution in [0.1, 0.15) is 16.2 Å². The molecule has 2 aromatic heterocycles. The number of anilines is 1. The van der Waals surface area contributed by atoms with E-state index < -0.39 is 11.5 Å². The zero-order chi connectivity index (χ0) is 30.7. The number of fused-ring (bicyclic) bond motifs is 1. The van der Waals surface area contributed by atoms with Crippen LogP contribution in [0.5, 0.6) is 23.0 Å². The summed E-state index contributed by atoms with van der Waals surface area (Å²) in [5.41, 5.74) is 7.96. The van der Waals surface area contributed by atoms with Crippen LogP contribution in [0.15, 0.2) is 82.2 Å². The molecule has 0 aliphatic carbocycles. The smallest absolute Gasteiger partial charge is 0.355 e. The number of benzene rings is 3. The van der Waals surface area contributed by atoms with Crippen LogP contribution < -0.4 is 30.2 Å². The number of carbonyl (C=O) groups is 1. The van der Waals surface area contributed by atoms with Crippen molar-refractivity contribution in [1.29, 1.82) is 0 Å². The molecule has 3 aromatic carbocycles. The molecule has 0 bridgehead atoms. The molecule has 2 N–H and O–H groups in total. The van der Waals surface area contributed by atoms with Gasteiger partial charge in [0.15, 0.2) is 11.5 Å². The molecule has 10 nitrogen and oxygen atoms in total. The van der Waals surface area contributed by atoms with Crippen molar-refractivity contribution in [3.05, 3.63) is 99.1 Å². The fourth-order valence-corrected chi connectivity index (χ4v) is 5.33. The minimum Gasteiger partial charge on any atom is -0.495 e. The Morgan fingerprint density at radius 2 is 1.47 bits per heavy atom. The largest absolute Gasteiger partial charge is 0.495 e. The van der Waals surface area contributed by atoms with Gasteiger partial charge in [0.2, 0.25) is 0 Å². The molecular weight excluding hydrogens is 689 g/mol. The number of nitrogen functional groups attached to an aromatic ring is 1. The van der Waals surface area contributed by atoms with Gasteiger partial charge in [0, 0.05) is 28.5 Å². The van der Waals surface area contributed by atoms with Crippen molar-refractivity contribution in [2.75, 3.05) is 34.2 Å². The number of rotatable bonds is 9. The fraction of sp³-hybridized carbons (Fsp3) is 0.156. The Morgan fingerprint density at radius 1 is 0.844 bits per heavy atom. The van der Waals surface area contributed by atoms with Gasteiger partial charge in [-0.15, -0.1) is 24.8 Å². The maximum absolute atomic E-state index is 14.3. The van der Waals surface area contributed by atoms with Gasteiger partial charge in [0.05, 0.1) is 39.5 Å². The average molecular weight is 719 g/mol.